The van der Waals surface area contributed by atoms with Crippen molar-refractivity contribution in [3.8, 4) is 0 Å². The summed E-state index contributed by atoms with van der Waals surface area (Å²) in [5.41, 5.74) is 0. The van der Waals surface area contributed by atoms with E-state index in [0.717, 1.165) is 12.1 Å². The van der Waals surface area contributed by atoms with Crippen LogP contribution < -0.4 is 5.32 Å². The molecule has 2 rings (SSSR count). The van der Waals surface area contributed by atoms with Crippen molar-refractivity contribution in [2.75, 3.05) is 19.6 Å². The van der Waals surface area contributed by atoms with Crippen molar-refractivity contribution in [2.45, 2.75) is 57.5 Å². The van der Waals surface area contributed by atoms with E-state index in [0.29, 0.717) is 0 Å². The second kappa shape index (κ2) is 5.13. The Morgan fingerprint density at radius 1 is 1.14 bits per heavy atom. The van der Waals surface area contributed by atoms with Gasteiger partial charge in [0.15, 0.2) is 0 Å². The molecule has 0 radical (unpaired) electrons. The van der Waals surface area contributed by atoms with Crippen LogP contribution in [0.5, 0.6) is 0 Å². The van der Waals surface area contributed by atoms with E-state index < -0.39 is 0 Å². The van der Waals surface area contributed by atoms with Crippen molar-refractivity contribution >= 4 is 0 Å². The molecule has 2 fully saturated rings. The van der Waals surface area contributed by atoms with Crippen LogP contribution in [0.15, 0.2) is 0 Å². The standard InChI is InChI=1S/C12H24N2/c1-11(10-13-12-6-5-7-12)14-8-3-2-4-9-14/h11-13H,2-10H2,1H3. The van der Waals surface area contributed by atoms with Crippen LogP contribution in [-0.4, -0.2) is 36.6 Å². The fraction of sp³-hybridized carbons (Fsp3) is 1.00. The van der Waals surface area contributed by atoms with Crippen molar-refractivity contribution < 1.29 is 0 Å². The number of nitrogens with one attached hydrogen (secondary N) is 1. The highest BCUT2D eigenvalue weighted by Crippen LogP contribution is 2.18. The zero-order valence-electron chi connectivity index (χ0n) is 9.47. The third kappa shape index (κ3) is 2.71. The largest absolute Gasteiger partial charge is 0.312 e. The van der Waals surface area contributed by atoms with E-state index in [4.69, 9.17) is 0 Å². The van der Waals surface area contributed by atoms with Gasteiger partial charge in [0.2, 0.25) is 0 Å². The summed E-state index contributed by atoms with van der Waals surface area (Å²) < 4.78 is 0. The van der Waals surface area contributed by atoms with E-state index in [2.05, 4.69) is 17.1 Å². The first kappa shape index (κ1) is 10.4. The van der Waals surface area contributed by atoms with Gasteiger partial charge in [0.1, 0.15) is 0 Å². The van der Waals surface area contributed by atoms with Gasteiger partial charge < -0.3 is 5.32 Å². The molecule has 0 spiro atoms. The molecular weight excluding hydrogens is 172 g/mol. The van der Waals surface area contributed by atoms with E-state index in [1.54, 1.807) is 0 Å². The summed E-state index contributed by atoms with van der Waals surface area (Å²) in [6.07, 6.45) is 8.52. The minimum atomic E-state index is 0.746. The summed E-state index contributed by atoms with van der Waals surface area (Å²) in [5, 5.41) is 3.67. The lowest BCUT2D eigenvalue weighted by Gasteiger charge is -2.35. The smallest absolute Gasteiger partial charge is 0.0192 e. The molecule has 1 saturated heterocycles. The maximum absolute atomic E-state index is 3.67. The number of piperidine rings is 1. The highest BCUT2D eigenvalue weighted by atomic mass is 15.2. The van der Waals surface area contributed by atoms with Gasteiger partial charge in [-0.2, -0.15) is 0 Å². The van der Waals surface area contributed by atoms with Crippen molar-refractivity contribution in [1.82, 2.24) is 10.2 Å². The number of rotatable bonds is 4. The zero-order valence-corrected chi connectivity index (χ0v) is 9.47. The summed E-state index contributed by atoms with van der Waals surface area (Å²) >= 11 is 0. The maximum atomic E-state index is 3.67. The number of hydrogen-bond acceptors (Lipinski definition) is 2. The summed E-state index contributed by atoms with van der Waals surface area (Å²) in [5.74, 6) is 0. The van der Waals surface area contributed by atoms with E-state index >= 15 is 0 Å². The Hall–Kier alpha value is -0.0800. The Bertz CT molecular complexity index is 160. The molecule has 1 heterocycles. The van der Waals surface area contributed by atoms with Gasteiger partial charge in [0.25, 0.3) is 0 Å². The average Bonchev–Trinajstić information content (AvgIpc) is 2.16. The second-order valence-electron chi connectivity index (χ2n) is 4.98. The maximum Gasteiger partial charge on any atom is 0.0192 e. The highest BCUT2D eigenvalue weighted by molar-refractivity contribution is 4.80. The van der Waals surface area contributed by atoms with E-state index in [1.807, 2.05) is 0 Å². The van der Waals surface area contributed by atoms with Gasteiger partial charge in [-0.05, 0) is 45.7 Å². The van der Waals surface area contributed by atoms with E-state index in [9.17, 15) is 0 Å². The molecule has 2 heteroatoms. The Morgan fingerprint density at radius 2 is 1.86 bits per heavy atom. The monoisotopic (exact) mass is 196 g/mol. The lowest BCUT2D eigenvalue weighted by molar-refractivity contribution is 0.162. The molecule has 1 N–H and O–H groups in total. The molecule has 1 aliphatic carbocycles. The number of hydrogen-bond donors (Lipinski definition) is 1. The Kier molecular flexibility index (Phi) is 3.82. The number of nitrogens with zero attached hydrogens (tertiary/aromatic N) is 1. The molecule has 14 heavy (non-hydrogen) atoms. The van der Waals surface area contributed by atoms with E-state index in [-0.39, 0.29) is 0 Å². The van der Waals surface area contributed by atoms with Gasteiger partial charge in [-0.3, -0.25) is 4.90 Å². The minimum Gasteiger partial charge on any atom is -0.312 e. The summed E-state index contributed by atoms with van der Waals surface area (Å²) in [4.78, 5) is 2.65. The van der Waals surface area contributed by atoms with Crippen LogP contribution in [-0.2, 0) is 0 Å². The molecular formula is C12H24N2. The molecule has 2 nitrogen and oxygen atoms in total. The van der Waals surface area contributed by atoms with Crippen molar-refractivity contribution in [3.63, 3.8) is 0 Å². The lowest BCUT2D eigenvalue weighted by atomic mass is 9.93. The van der Waals surface area contributed by atoms with E-state index in [1.165, 1.54) is 58.2 Å². The quantitative estimate of drug-likeness (QED) is 0.740. The highest BCUT2D eigenvalue weighted by Gasteiger charge is 2.20. The Labute approximate surface area is 88.1 Å². The summed E-state index contributed by atoms with van der Waals surface area (Å²) in [6, 6.07) is 1.60. The van der Waals surface area contributed by atoms with Crippen LogP contribution in [0.25, 0.3) is 0 Å². The van der Waals surface area contributed by atoms with Gasteiger partial charge in [-0.15, -0.1) is 0 Å². The molecule has 0 bridgehead atoms. The van der Waals surface area contributed by atoms with Crippen molar-refractivity contribution in [3.05, 3.63) is 0 Å². The van der Waals surface area contributed by atoms with Gasteiger partial charge in [-0.25, -0.2) is 0 Å². The Balaban J connectivity index is 1.62. The fourth-order valence-electron chi connectivity index (χ4n) is 2.44. The van der Waals surface area contributed by atoms with Crippen molar-refractivity contribution in [2.24, 2.45) is 0 Å². The molecule has 1 atom stereocenters. The van der Waals surface area contributed by atoms with Crippen LogP contribution in [0, 0.1) is 0 Å². The first-order valence-corrected chi connectivity index (χ1v) is 6.33. The van der Waals surface area contributed by atoms with Crippen LogP contribution >= 0.6 is 0 Å². The number of likely N-dealkylation sites (tertiary alicyclic amines) is 1. The molecule has 0 amide bonds. The van der Waals surface area contributed by atoms with Crippen LogP contribution in [0.3, 0.4) is 0 Å². The fourth-order valence-corrected chi connectivity index (χ4v) is 2.44. The van der Waals surface area contributed by atoms with Gasteiger partial charge in [-0.1, -0.05) is 12.8 Å². The van der Waals surface area contributed by atoms with Gasteiger partial charge in [0.05, 0.1) is 0 Å². The molecule has 82 valence electrons. The minimum absolute atomic E-state index is 0.746. The van der Waals surface area contributed by atoms with Crippen LogP contribution in [0.4, 0.5) is 0 Å². The Morgan fingerprint density at radius 3 is 2.43 bits per heavy atom. The summed E-state index contributed by atoms with van der Waals surface area (Å²) in [6.45, 7) is 6.22. The molecule has 1 unspecified atom stereocenters. The third-order valence-electron chi connectivity index (χ3n) is 3.82. The molecule has 0 aromatic heterocycles. The third-order valence-corrected chi connectivity index (χ3v) is 3.82. The molecule has 0 aromatic rings. The first-order chi connectivity index (χ1) is 6.86. The SMILES string of the molecule is CC(CNC1CCC1)N1CCCCC1. The normalized spacial score (nSPS) is 27.2. The van der Waals surface area contributed by atoms with Crippen molar-refractivity contribution in [1.29, 1.82) is 0 Å². The zero-order chi connectivity index (χ0) is 9.80. The predicted octanol–water partition coefficient (Wildman–Crippen LogP) is 2.00. The average molecular weight is 196 g/mol. The molecule has 2 aliphatic rings. The molecule has 1 saturated carbocycles. The predicted molar refractivity (Wildman–Crippen MR) is 60.5 cm³/mol. The molecule has 0 aromatic carbocycles. The first-order valence-electron chi connectivity index (χ1n) is 6.33. The molecule has 1 aliphatic heterocycles. The van der Waals surface area contributed by atoms with Gasteiger partial charge >= 0.3 is 0 Å². The van der Waals surface area contributed by atoms with Crippen LogP contribution in [0.2, 0.25) is 0 Å². The summed E-state index contributed by atoms with van der Waals surface area (Å²) in [7, 11) is 0. The topological polar surface area (TPSA) is 15.3 Å². The second-order valence-corrected chi connectivity index (χ2v) is 4.98. The lowest BCUT2D eigenvalue weighted by Crippen LogP contribution is -2.46. The van der Waals surface area contributed by atoms with Crippen LogP contribution in [0.1, 0.15) is 45.4 Å². The van der Waals surface area contributed by atoms with Gasteiger partial charge in [0, 0.05) is 18.6 Å².